The van der Waals surface area contributed by atoms with Crippen molar-refractivity contribution in [1.29, 1.82) is 0 Å². The van der Waals surface area contributed by atoms with Crippen molar-refractivity contribution < 1.29 is 13.2 Å². The highest BCUT2D eigenvalue weighted by atomic mass is 32.2. The van der Waals surface area contributed by atoms with Crippen molar-refractivity contribution >= 4 is 15.6 Å². The molecular formula is C14H18O3S. The van der Waals surface area contributed by atoms with Crippen LogP contribution in [0.25, 0.3) is 0 Å². The molecule has 1 fully saturated rings. The normalized spacial score (nSPS) is 15.9. The first kappa shape index (κ1) is 13.3. The van der Waals surface area contributed by atoms with E-state index in [-0.39, 0.29) is 22.3 Å². The molecule has 1 aliphatic rings. The molecule has 1 aromatic rings. The Morgan fingerprint density at radius 3 is 2.22 bits per heavy atom. The molecule has 4 heteroatoms. The van der Waals surface area contributed by atoms with Gasteiger partial charge in [0.05, 0.1) is 4.90 Å². The lowest BCUT2D eigenvalue weighted by molar-refractivity contribution is -0.117. The van der Waals surface area contributed by atoms with Gasteiger partial charge in [-0.1, -0.05) is 26.0 Å². The predicted molar refractivity (Wildman–Crippen MR) is 70.3 cm³/mol. The smallest absolute Gasteiger partial charge is 0.185 e. The summed E-state index contributed by atoms with van der Waals surface area (Å²) in [7, 11) is -3.46. The summed E-state index contributed by atoms with van der Waals surface area (Å²) in [5.41, 5.74) is 1.10. The van der Waals surface area contributed by atoms with Crippen LogP contribution in [-0.4, -0.2) is 20.0 Å². The molecule has 98 valence electrons. The Kier molecular flexibility index (Phi) is 3.57. The Morgan fingerprint density at radius 2 is 1.78 bits per heavy atom. The Balaban J connectivity index is 2.16. The van der Waals surface area contributed by atoms with Crippen molar-refractivity contribution in [3.8, 4) is 0 Å². The third-order valence-electron chi connectivity index (χ3n) is 3.27. The number of carbonyl (C=O) groups excluding carboxylic acids is 1. The summed E-state index contributed by atoms with van der Waals surface area (Å²) in [6, 6.07) is 6.84. The molecule has 1 saturated carbocycles. The van der Waals surface area contributed by atoms with Crippen LogP contribution >= 0.6 is 0 Å². The van der Waals surface area contributed by atoms with Crippen LogP contribution in [0.2, 0.25) is 0 Å². The van der Waals surface area contributed by atoms with Gasteiger partial charge in [-0.25, -0.2) is 8.42 Å². The minimum Gasteiger partial charge on any atom is -0.298 e. The molecule has 0 unspecified atom stereocenters. The molecule has 0 aliphatic heterocycles. The number of sulfone groups is 1. The van der Waals surface area contributed by atoms with E-state index >= 15 is 0 Å². The van der Waals surface area contributed by atoms with Gasteiger partial charge in [0.25, 0.3) is 0 Å². The molecule has 3 nitrogen and oxygen atoms in total. The second-order valence-corrected chi connectivity index (χ2v) is 7.21. The Labute approximate surface area is 108 Å². The molecule has 18 heavy (non-hydrogen) atoms. The SMILES string of the molecule is CC(C)c1ccc(S(=O)(=O)CC(=O)C2CC2)cc1. The number of hydrogen-bond donors (Lipinski definition) is 0. The van der Waals surface area contributed by atoms with Crippen molar-refractivity contribution in [2.45, 2.75) is 37.5 Å². The average Bonchev–Trinajstić information content (AvgIpc) is 3.12. The van der Waals surface area contributed by atoms with Gasteiger partial charge in [0, 0.05) is 5.92 Å². The maximum atomic E-state index is 12.0. The van der Waals surface area contributed by atoms with Crippen LogP contribution in [0.1, 0.15) is 38.2 Å². The fourth-order valence-corrected chi connectivity index (χ4v) is 3.18. The van der Waals surface area contributed by atoms with Crippen molar-refractivity contribution in [3.63, 3.8) is 0 Å². The minimum absolute atomic E-state index is 0.00490. The van der Waals surface area contributed by atoms with E-state index in [9.17, 15) is 13.2 Å². The van der Waals surface area contributed by atoms with E-state index in [1.54, 1.807) is 12.1 Å². The molecule has 0 aromatic heterocycles. The molecule has 0 N–H and O–H groups in total. The van der Waals surface area contributed by atoms with Crippen LogP contribution in [0, 0.1) is 5.92 Å². The van der Waals surface area contributed by atoms with Gasteiger partial charge in [-0.15, -0.1) is 0 Å². The van der Waals surface area contributed by atoms with Crippen molar-refractivity contribution in [3.05, 3.63) is 29.8 Å². The zero-order valence-corrected chi connectivity index (χ0v) is 11.5. The molecule has 0 amide bonds. The largest absolute Gasteiger partial charge is 0.298 e. The van der Waals surface area contributed by atoms with Gasteiger partial charge in [0.2, 0.25) is 0 Å². The lowest BCUT2D eigenvalue weighted by Crippen LogP contribution is -2.17. The van der Waals surface area contributed by atoms with Crippen molar-refractivity contribution in [2.75, 3.05) is 5.75 Å². The highest BCUT2D eigenvalue weighted by molar-refractivity contribution is 7.92. The standard InChI is InChI=1S/C14H18O3S/c1-10(2)11-5-7-13(8-6-11)18(16,17)9-14(15)12-3-4-12/h5-8,10,12H,3-4,9H2,1-2H3. The third-order valence-corrected chi connectivity index (χ3v) is 4.93. The molecule has 0 bridgehead atoms. The zero-order valence-electron chi connectivity index (χ0n) is 10.7. The van der Waals surface area contributed by atoms with Crippen LogP contribution < -0.4 is 0 Å². The molecule has 1 aliphatic carbocycles. The fraction of sp³-hybridized carbons (Fsp3) is 0.500. The van der Waals surface area contributed by atoms with Crippen LogP contribution in [0.3, 0.4) is 0 Å². The molecule has 1 aromatic carbocycles. The monoisotopic (exact) mass is 266 g/mol. The quantitative estimate of drug-likeness (QED) is 0.823. The maximum absolute atomic E-state index is 12.0. The average molecular weight is 266 g/mol. The van der Waals surface area contributed by atoms with Gasteiger partial charge in [-0.2, -0.15) is 0 Å². The number of rotatable bonds is 5. The van der Waals surface area contributed by atoms with Crippen molar-refractivity contribution in [2.24, 2.45) is 5.92 Å². The van der Waals surface area contributed by atoms with Gasteiger partial charge < -0.3 is 0 Å². The van der Waals surface area contributed by atoms with Gasteiger partial charge >= 0.3 is 0 Å². The van der Waals surface area contributed by atoms with E-state index in [2.05, 4.69) is 13.8 Å². The van der Waals surface area contributed by atoms with Crippen LogP contribution in [0.5, 0.6) is 0 Å². The Hall–Kier alpha value is -1.16. The molecule has 0 heterocycles. The van der Waals surface area contributed by atoms with Gasteiger partial charge in [-0.3, -0.25) is 4.79 Å². The van der Waals surface area contributed by atoms with E-state index in [4.69, 9.17) is 0 Å². The molecule has 0 saturated heterocycles. The summed E-state index contributed by atoms with van der Waals surface area (Å²) in [5.74, 6) is -0.119. The van der Waals surface area contributed by atoms with E-state index in [1.165, 1.54) is 0 Å². The van der Waals surface area contributed by atoms with E-state index < -0.39 is 9.84 Å². The van der Waals surface area contributed by atoms with E-state index in [0.29, 0.717) is 5.92 Å². The maximum Gasteiger partial charge on any atom is 0.185 e. The molecule has 2 rings (SSSR count). The van der Waals surface area contributed by atoms with Crippen molar-refractivity contribution in [1.82, 2.24) is 0 Å². The summed E-state index contributed by atoms with van der Waals surface area (Å²) >= 11 is 0. The van der Waals surface area contributed by atoms with Gasteiger partial charge in [0.15, 0.2) is 15.6 Å². The lowest BCUT2D eigenvalue weighted by atomic mass is 10.0. The van der Waals surface area contributed by atoms with E-state index in [1.807, 2.05) is 12.1 Å². The Bertz CT molecular complexity index is 537. The summed E-state index contributed by atoms with van der Waals surface area (Å²) in [4.78, 5) is 11.8. The molecule has 0 radical (unpaired) electrons. The second-order valence-electron chi connectivity index (χ2n) is 5.22. The lowest BCUT2D eigenvalue weighted by Gasteiger charge is -2.07. The number of benzene rings is 1. The Morgan fingerprint density at radius 1 is 1.22 bits per heavy atom. The summed E-state index contributed by atoms with van der Waals surface area (Å²) in [6.07, 6.45) is 1.70. The highest BCUT2D eigenvalue weighted by Crippen LogP contribution is 2.31. The second kappa shape index (κ2) is 4.84. The number of Topliss-reactive ketones (excluding diaryl/α,β-unsaturated/α-hetero) is 1. The molecule has 0 atom stereocenters. The molecular weight excluding hydrogens is 248 g/mol. The highest BCUT2D eigenvalue weighted by Gasteiger charge is 2.32. The summed E-state index contributed by atoms with van der Waals surface area (Å²) in [5, 5.41) is 0. The van der Waals surface area contributed by atoms with Crippen LogP contribution in [0.4, 0.5) is 0 Å². The topological polar surface area (TPSA) is 51.2 Å². The number of carbonyl (C=O) groups is 1. The number of hydrogen-bond acceptors (Lipinski definition) is 3. The summed E-state index contributed by atoms with van der Waals surface area (Å²) in [6.45, 7) is 4.11. The fourth-order valence-electron chi connectivity index (χ4n) is 1.85. The minimum atomic E-state index is -3.46. The van der Waals surface area contributed by atoms with Gasteiger partial charge in [-0.05, 0) is 36.5 Å². The third kappa shape index (κ3) is 2.99. The first-order valence-corrected chi connectivity index (χ1v) is 7.91. The number of ketones is 1. The first-order valence-electron chi connectivity index (χ1n) is 6.25. The first-order chi connectivity index (χ1) is 8.40. The van der Waals surface area contributed by atoms with Gasteiger partial charge in [0.1, 0.15) is 5.75 Å². The molecule has 0 spiro atoms. The predicted octanol–water partition coefficient (Wildman–Crippen LogP) is 2.56. The zero-order chi connectivity index (χ0) is 13.3. The van der Waals surface area contributed by atoms with E-state index in [0.717, 1.165) is 18.4 Å². The van der Waals surface area contributed by atoms with Crippen LogP contribution in [-0.2, 0) is 14.6 Å². The van der Waals surface area contributed by atoms with Crippen LogP contribution in [0.15, 0.2) is 29.2 Å². The summed E-state index contributed by atoms with van der Waals surface area (Å²) < 4.78 is 24.1.